The molecule has 0 saturated heterocycles. The van der Waals surface area contributed by atoms with Crippen molar-refractivity contribution in [1.29, 1.82) is 0 Å². The first-order valence-corrected chi connectivity index (χ1v) is 6.80. The lowest BCUT2D eigenvalue weighted by Crippen LogP contribution is -2.36. The molecule has 0 saturated carbocycles. The SMILES string of the molecule is CC(NC(=S)NCc1ccccc1)c1ccccc1. The highest BCUT2D eigenvalue weighted by Gasteiger charge is 2.05. The molecule has 2 nitrogen and oxygen atoms in total. The molecular formula is C16H18N2S. The summed E-state index contributed by atoms with van der Waals surface area (Å²) in [6, 6.07) is 20.7. The molecular weight excluding hydrogens is 252 g/mol. The number of nitrogens with one attached hydrogen (secondary N) is 2. The summed E-state index contributed by atoms with van der Waals surface area (Å²) in [5, 5.41) is 7.19. The third-order valence-electron chi connectivity index (χ3n) is 2.94. The first-order valence-electron chi connectivity index (χ1n) is 6.39. The van der Waals surface area contributed by atoms with E-state index in [4.69, 9.17) is 12.2 Å². The maximum atomic E-state index is 5.31. The summed E-state index contributed by atoms with van der Waals surface area (Å²) in [7, 11) is 0. The number of rotatable bonds is 4. The zero-order chi connectivity index (χ0) is 13.5. The van der Waals surface area contributed by atoms with Gasteiger partial charge >= 0.3 is 0 Å². The molecule has 0 aliphatic rings. The molecule has 2 aromatic rings. The summed E-state index contributed by atoms with van der Waals surface area (Å²) in [6.45, 7) is 2.85. The predicted octanol–water partition coefficient (Wildman–Crippen LogP) is 3.41. The molecule has 19 heavy (non-hydrogen) atoms. The molecule has 0 amide bonds. The molecule has 0 fully saturated rings. The quantitative estimate of drug-likeness (QED) is 0.833. The maximum Gasteiger partial charge on any atom is 0.167 e. The van der Waals surface area contributed by atoms with Crippen molar-refractivity contribution in [2.24, 2.45) is 0 Å². The number of benzene rings is 2. The van der Waals surface area contributed by atoms with Crippen LogP contribution in [-0.4, -0.2) is 5.11 Å². The van der Waals surface area contributed by atoms with Gasteiger partial charge < -0.3 is 10.6 Å². The normalized spacial score (nSPS) is 11.6. The average Bonchev–Trinajstić information content (AvgIpc) is 2.47. The largest absolute Gasteiger partial charge is 0.359 e. The Labute approximate surface area is 119 Å². The van der Waals surface area contributed by atoms with E-state index in [1.807, 2.05) is 36.4 Å². The van der Waals surface area contributed by atoms with Crippen LogP contribution >= 0.6 is 12.2 Å². The minimum Gasteiger partial charge on any atom is -0.359 e. The molecule has 2 N–H and O–H groups in total. The van der Waals surface area contributed by atoms with Crippen LogP contribution in [0, 0.1) is 0 Å². The van der Waals surface area contributed by atoms with E-state index in [0.29, 0.717) is 5.11 Å². The number of hydrogen-bond acceptors (Lipinski definition) is 1. The average molecular weight is 270 g/mol. The fraction of sp³-hybridized carbons (Fsp3) is 0.188. The van der Waals surface area contributed by atoms with Crippen LogP contribution in [0.5, 0.6) is 0 Å². The summed E-state index contributed by atoms with van der Waals surface area (Å²) in [5.74, 6) is 0. The molecule has 2 rings (SSSR count). The Morgan fingerprint density at radius 3 is 2.21 bits per heavy atom. The number of thiocarbonyl (C=S) groups is 1. The van der Waals surface area contributed by atoms with Crippen molar-refractivity contribution < 1.29 is 0 Å². The zero-order valence-electron chi connectivity index (χ0n) is 11.0. The lowest BCUT2D eigenvalue weighted by Gasteiger charge is -2.17. The Morgan fingerprint density at radius 2 is 1.58 bits per heavy atom. The van der Waals surface area contributed by atoms with Crippen LogP contribution < -0.4 is 10.6 Å². The van der Waals surface area contributed by atoms with Crippen molar-refractivity contribution in [3.05, 3.63) is 71.8 Å². The van der Waals surface area contributed by atoms with Gasteiger partial charge in [-0.2, -0.15) is 0 Å². The van der Waals surface area contributed by atoms with Gasteiger partial charge in [-0.1, -0.05) is 60.7 Å². The van der Waals surface area contributed by atoms with Crippen LogP contribution in [0.1, 0.15) is 24.1 Å². The van der Waals surface area contributed by atoms with E-state index in [0.717, 1.165) is 6.54 Å². The van der Waals surface area contributed by atoms with Crippen LogP contribution in [0.2, 0.25) is 0 Å². The molecule has 98 valence electrons. The van der Waals surface area contributed by atoms with Gasteiger partial charge in [-0.15, -0.1) is 0 Å². The minimum atomic E-state index is 0.206. The predicted molar refractivity (Wildman–Crippen MR) is 83.9 cm³/mol. The van der Waals surface area contributed by atoms with Crippen LogP contribution in [0.15, 0.2) is 60.7 Å². The summed E-state index contributed by atoms with van der Waals surface area (Å²) >= 11 is 5.31. The zero-order valence-corrected chi connectivity index (χ0v) is 11.8. The molecule has 0 bridgehead atoms. The lowest BCUT2D eigenvalue weighted by molar-refractivity contribution is 0.698. The molecule has 1 unspecified atom stereocenters. The topological polar surface area (TPSA) is 24.1 Å². The van der Waals surface area contributed by atoms with Gasteiger partial charge in [-0.3, -0.25) is 0 Å². The van der Waals surface area contributed by atoms with Gasteiger partial charge in [0.2, 0.25) is 0 Å². The standard InChI is InChI=1S/C16H18N2S/c1-13(15-10-6-3-7-11-15)18-16(19)17-12-14-8-4-2-5-9-14/h2-11,13H,12H2,1H3,(H2,17,18,19). The molecule has 0 aliphatic heterocycles. The van der Waals surface area contributed by atoms with Gasteiger partial charge in [0.1, 0.15) is 0 Å². The molecule has 0 heterocycles. The molecule has 3 heteroatoms. The van der Waals surface area contributed by atoms with Crippen LogP contribution in [0.4, 0.5) is 0 Å². The third-order valence-corrected chi connectivity index (χ3v) is 3.21. The van der Waals surface area contributed by atoms with Gasteiger partial charge in [0.25, 0.3) is 0 Å². The van der Waals surface area contributed by atoms with E-state index in [2.05, 4.69) is 41.8 Å². The van der Waals surface area contributed by atoms with E-state index < -0.39 is 0 Å². The molecule has 0 aliphatic carbocycles. The summed E-state index contributed by atoms with van der Waals surface area (Å²) in [4.78, 5) is 0. The van der Waals surface area contributed by atoms with Crippen molar-refractivity contribution in [2.75, 3.05) is 0 Å². The van der Waals surface area contributed by atoms with Crippen molar-refractivity contribution in [3.63, 3.8) is 0 Å². The summed E-state index contributed by atoms with van der Waals surface area (Å²) in [5.41, 5.74) is 2.45. The smallest absolute Gasteiger partial charge is 0.167 e. The second-order valence-electron chi connectivity index (χ2n) is 4.44. The molecule has 2 aromatic carbocycles. The Bertz CT molecular complexity index is 511. The highest BCUT2D eigenvalue weighted by Crippen LogP contribution is 2.10. The molecule has 0 aromatic heterocycles. The molecule has 0 spiro atoms. The summed E-state index contributed by atoms with van der Waals surface area (Å²) < 4.78 is 0. The lowest BCUT2D eigenvalue weighted by atomic mass is 10.1. The van der Waals surface area contributed by atoms with Gasteiger partial charge in [0.05, 0.1) is 6.04 Å². The van der Waals surface area contributed by atoms with Crippen LogP contribution in [-0.2, 0) is 6.54 Å². The van der Waals surface area contributed by atoms with E-state index in [1.54, 1.807) is 0 Å². The van der Waals surface area contributed by atoms with Gasteiger partial charge in [0, 0.05) is 6.54 Å². The van der Waals surface area contributed by atoms with Crippen molar-refractivity contribution in [1.82, 2.24) is 10.6 Å². The Hall–Kier alpha value is -1.87. The second kappa shape index (κ2) is 6.90. The first-order chi connectivity index (χ1) is 9.25. The van der Waals surface area contributed by atoms with Crippen molar-refractivity contribution in [2.45, 2.75) is 19.5 Å². The third kappa shape index (κ3) is 4.38. The van der Waals surface area contributed by atoms with Crippen LogP contribution in [0.3, 0.4) is 0 Å². The van der Waals surface area contributed by atoms with E-state index in [1.165, 1.54) is 11.1 Å². The van der Waals surface area contributed by atoms with E-state index in [-0.39, 0.29) is 6.04 Å². The van der Waals surface area contributed by atoms with E-state index >= 15 is 0 Å². The Morgan fingerprint density at radius 1 is 1.00 bits per heavy atom. The van der Waals surface area contributed by atoms with Gasteiger partial charge in [-0.05, 0) is 30.3 Å². The Kier molecular flexibility index (Phi) is 4.93. The van der Waals surface area contributed by atoms with Crippen LogP contribution in [0.25, 0.3) is 0 Å². The molecule has 1 atom stereocenters. The minimum absolute atomic E-state index is 0.206. The fourth-order valence-electron chi connectivity index (χ4n) is 1.85. The fourth-order valence-corrected chi connectivity index (χ4v) is 2.10. The Balaban J connectivity index is 1.82. The monoisotopic (exact) mass is 270 g/mol. The van der Waals surface area contributed by atoms with Crippen molar-refractivity contribution >= 4 is 17.3 Å². The van der Waals surface area contributed by atoms with Gasteiger partial charge in [-0.25, -0.2) is 0 Å². The second-order valence-corrected chi connectivity index (χ2v) is 4.85. The molecule has 0 radical (unpaired) electrons. The number of hydrogen-bond donors (Lipinski definition) is 2. The first kappa shape index (κ1) is 13.6. The highest BCUT2D eigenvalue weighted by molar-refractivity contribution is 7.80. The van der Waals surface area contributed by atoms with Gasteiger partial charge in [0.15, 0.2) is 5.11 Å². The maximum absolute atomic E-state index is 5.31. The van der Waals surface area contributed by atoms with Crippen molar-refractivity contribution in [3.8, 4) is 0 Å². The summed E-state index contributed by atoms with van der Waals surface area (Å²) in [6.07, 6.45) is 0. The highest BCUT2D eigenvalue weighted by atomic mass is 32.1. The van der Waals surface area contributed by atoms with E-state index in [9.17, 15) is 0 Å².